The molecule has 64 valence electrons. The van der Waals surface area contributed by atoms with Crippen LogP contribution in [0.25, 0.3) is 0 Å². The van der Waals surface area contributed by atoms with E-state index in [1.165, 1.54) is 25.2 Å². The van der Waals surface area contributed by atoms with Gasteiger partial charge in [0.05, 0.1) is 0 Å². The molecule has 2 nitrogen and oxygen atoms in total. The van der Waals surface area contributed by atoms with Crippen LogP contribution in [0.15, 0.2) is 12.3 Å². The van der Waals surface area contributed by atoms with Crippen molar-refractivity contribution >= 4 is 0 Å². The summed E-state index contributed by atoms with van der Waals surface area (Å²) in [5.74, 6) is 0.851. The van der Waals surface area contributed by atoms with E-state index in [4.69, 9.17) is 0 Å². The molecular weight excluding hydrogens is 136 g/mol. The van der Waals surface area contributed by atoms with Crippen LogP contribution in [0.3, 0.4) is 0 Å². The summed E-state index contributed by atoms with van der Waals surface area (Å²) in [6.07, 6.45) is 1.32. The van der Waals surface area contributed by atoms with E-state index in [0.29, 0.717) is 0 Å². The van der Waals surface area contributed by atoms with E-state index in [-0.39, 0.29) is 0 Å². The summed E-state index contributed by atoms with van der Waals surface area (Å²) < 4.78 is 0. The molecule has 0 unspecified atom stereocenters. The van der Waals surface area contributed by atoms with Gasteiger partial charge in [-0.15, -0.1) is 0 Å². The molecule has 0 bridgehead atoms. The molecule has 0 saturated carbocycles. The zero-order chi connectivity index (χ0) is 8.27. The largest absolute Gasteiger partial charge is 0.374 e. The Kier molecular flexibility index (Phi) is 2.94. The maximum Gasteiger partial charge on any atom is 0.0347 e. The standard InChI is InChI=1S/C9H18N2/c1-8-4-5-11(7-8)9(2)6-10-3/h8,10H,2,4-7H2,1,3H3/t8-/m0/s1. The molecule has 0 aromatic heterocycles. The smallest absolute Gasteiger partial charge is 0.0347 e. The van der Waals surface area contributed by atoms with Crippen LogP contribution in [0.5, 0.6) is 0 Å². The first-order chi connectivity index (χ1) is 5.24. The third kappa shape index (κ3) is 2.22. The molecule has 1 aliphatic rings. The molecular formula is C9H18N2. The first-order valence-corrected chi connectivity index (χ1v) is 4.31. The lowest BCUT2D eigenvalue weighted by Gasteiger charge is -2.20. The molecule has 1 rings (SSSR count). The van der Waals surface area contributed by atoms with E-state index in [0.717, 1.165) is 12.5 Å². The second-order valence-corrected chi connectivity index (χ2v) is 3.44. The molecule has 0 aromatic rings. The lowest BCUT2D eigenvalue weighted by Crippen LogP contribution is -2.25. The Labute approximate surface area is 69.3 Å². The van der Waals surface area contributed by atoms with Gasteiger partial charge in [0.25, 0.3) is 0 Å². The normalized spacial score (nSPS) is 24.2. The van der Waals surface area contributed by atoms with Crippen LogP contribution in [0.4, 0.5) is 0 Å². The molecule has 1 heterocycles. The van der Waals surface area contributed by atoms with Crippen molar-refractivity contribution in [3.05, 3.63) is 12.3 Å². The molecule has 1 atom stereocenters. The Morgan fingerprint density at radius 3 is 2.91 bits per heavy atom. The molecule has 0 amide bonds. The van der Waals surface area contributed by atoms with Gasteiger partial charge in [-0.2, -0.15) is 0 Å². The minimum absolute atomic E-state index is 0.851. The first-order valence-electron chi connectivity index (χ1n) is 4.31. The van der Waals surface area contributed by atoms with E-state index in [1.54, 1.807) is 0 Å². The number of nitrogens with one attached hydrogen (secondary N) is 1. The first kappa shape index (κ1) is 8.60. The van der Waals surface area contributed by atoms with Crippen molar-refractivity contribution < 1.29 is 0 Å². The molecule has 0 spiro atoms. The van der Waals surface area contributed by atoms with Gasteiger partial charge in [-0.1, -0.05) is 13.5 Å². The van der Waals surface area contributed by atoms with Gasteiger partial charge in [0.2, 0.25) is 0 Å². The third-order valence-corrected chi connectivity index (χ3v) is 2.25. The zero-order valence-corrected chi connectivity index (χ0v) is 7.56. The van der Waals surface area contributed by atoms with Crippen molar-refractivity contribution in [3.63, 3.8) is 0 Å². The number of hydrogen-bond donors (Lipinski definition) is 1. The van der Waals surface area contributed by atoms with Gasteiger partial charge >= 0.3 is 0 Å². The summed E-state index contributed by atoms with van der Waals surface area (Å²) in [4.78, 5) is 2.38. The van der Waals surface area contributed by atoms with E-state index in [9.17, 15) is 0 Å². The summed E-state index contributed by atoms with van der Waals surface area (Å²) in [5.41, 5.74) is 1.23. The van der Waals surface area contributed by atoms with Crippen LogP contribution in [-0.2, 0) is 0 Å². The lowest BCUT2D eigenvalue weighted by molar-refractivity contribution is 0.400. The van der Waals surface area contributed by atoms with E-state index >= 15 is 0 Å². The zero-order valence-electron chi connectivity index (χ0n) is 7.56. The van der Waals surface area contributed by atoms with Gasteiger partial charge in [0.1, 0.15) is 0 Å². The highest BCUT2D eigenvalue weighted by Gasteiger charge is 2.18. The van der Waals surface area contributed by atoms with Crippen LogP contribution in [-0.4, -0.2) is 31.6 Å². The fraction of sp³-hybridized carbons (Fsp3) is 0.778. The number of hydrogen-bond acceptors (Lipinski definition) is 2. The maximum absolute atomic E-state index is 4.02. The Balaban J connectivity index is 2.31. The molecule has 1 saturated heterocycles. The monoisotopic (exact) mass is 154 g/mol. The van der Waals surface area contributed by atoms with Crippen molar-refractivity contribution in [2.75, 3.05) is 26.7 Å². The highest BCUT2D eigenvalue weighted by Crippen LogP contribution is 2.18. The van der Waals surface area contributed by atoms with Gasteiger partial charge in [0.15, 0.2) is 0 Å². The van der Waals surface area contributed by atoms with Crippen LogP contribution in [0.1, 0.15) is 13.3 Å². The molecule has 1 fully saturated rings. The summed E-state index contributed by atoms with van der Waals surface area (Å²) in [5, 5.41) is 3.12. The van der Waals surface area contributed by atoms with Gasteiger partial charge in [-0.05, 0) is 19.4 Å². The van der Waals surface area contributed by atoms with Gasteiger partial charge in [0, 0.05) is 25.3 Å². The van der Waals surface area contributed by atoms with E-state index < -0.39 is 0 Å². The average Bonchev–Trinajstić information content (AvgIpc) is 2.36. The van der Waals surface area contributed by atoms with Crippen molar-refractivity contribution in [1.82, 2.24) is 10.2 Å². The van der Waals surface area contributed by atoms with Crippen molar-refractivity contribution in [2.24, 2.45) is 5.92 Å². The predicted octanol–water partition coefficient (Wildman–Crippen LogP) is 1.06. The quantitative estimate of drug-likeness (QED) is 0.654. The van der Waals surface area contributed by atoms with Crippen LogP contribution in [0, 0.1) is 5.92 Å². The second kappa shape index (κ2) is 3.77. The lowest BCUT2D eigenvalue weighted by atomic mass is 10.2. The van der Waals surface area contributed by atoms with Gasteiger partial charge in [-0.3, -0.25) is 0 Å². The van der Waals surface area contributed by atoms with E-state index in [1.807, 2.05) is 7.05 Å². The SMILES string of the molecule is C=C(CNC)N1CC[C@H](C)C1. The molecule has 0 aromatic carbocycles. The summed E-state index contributed by atoms with van der Waals surface area (Å²) in [7, 11) is 1.96. The average molecular weight is 154 g/mol. The Morgan fingerprint density at radius 1 is 1.73 bits per heavy atom. The number of likely N-dealkylation sites (tertiary alicyclic amines) is 1. The summed E-state index contributed by atoms with van der Waals surface area (Å²) in [6.45, 7) is 9.64. The van der Waals surface area contributed by atoms with Crippen molar-refractivity contribution in [3.8, 4) is 0 Å². The second-order valence-electron chi connectivity index (χ2n) is 3.44. The van der Waals surface area contributed by atoms with Crippen molar-refractivity contribution in [2.45, 2.75) is 13.3 Å². The molecule has 2 heteroatoms. The third-order valence-electron chi connectivity index (χ3n) is 2.25. The molecule has 1 N–H and O–H groups in total. The topological polar surface area (TPSA) is 15.3 Å². The summed E-state index contributed by atoms with van der Waals surface area (Å²) in [6, 6.07) is 0. The van der Waals surface area contributed by atoms with Gasteiger partial charge < -0.3 is 10.2 Å². The molecule has 0 radical (unpaired) electrons. The highest BCUT2D eigenvalue weighted by atomic mass is 15.2. The van der Waals surface area contributed by atoms with Crippen molar-refractivity contribution in [1.29, 1.82) is 0 Å². The fourth-order valence-corrected chi connectivity index (χ4v) is 1.54. The molecule has 1 aliphatic heterocycles. The minimum Gasteiger partial charge on any atom is -0.374 e. The Hall–Kier alpha value is -0.500. The number of likely N-dealkylation sites (N-methyl/N-ethyl adjacent to an activating group) is 1. The number of nitrogens with zero attached hydrogens (tertiary/aromatic N) is 1. The van der Waals surface area contributed by atoms with Gasteiger partial charge in [-0.25, -0.2) is 0 Å². The Bertz CT molecular complexity index is 142. The summed E-state index contributed by atoms with van der Waals surface area (Å²) >= 11 is 0. The number of rotatable bonds is 3. The minimum atomic E-state index is 0.851. The van der Waals surface area contributed by atoms with Crippen LogP contribution in [0.2, 0.25) is 0 Å². The molecule has 11 heavy (non-hydrogen) atoms. The van der Waals surface area contributed by atoms with E-state index in [2.05, 4.69) is 23.7 Å². The maximum atomic E-state index is 4.02. The molecule has 0 aliphatic carbocycles. The Morgan fingerprint density at radius 2 is 2.45 bits per heavy atom. The fourth-order valence-electron chi connectivity index (χ4n) is 1.54. The van der Waals surface area contributed by atoms with Crippen LogP contribution < -0.4 is 5.32 Å². The van der Waals surface area contributed by atoms with Crippen LogP contribution >= 0.6 is 0 Å². The predicted molar refractivity (Wildman–Crippen MR) is 48.4 cm³/mol. The highest BCUT2D eigenvalue weighted by molar-refractivity contribution is 4.98.